The summed E-state index contributed by atoms with van der Waals surface area (Å²) >= 11 is 14.3. The summed E-state index contributed by atoms with van der Waals surface area (Å²) in [5, 5.41) is 0.557. The molecule has 1 aliphatic rings. The molecule has 1 atom stereocenters. The number of carbonyl (C=O) groups excluding carboxylic acids is 1. The second kappa shape index (κ2) is 10.2. The first kappa shape index (κ1) is 24.9. The van der Waals surface area contributed by atoms with Gasteiger partial charge in [-0.25, -0.2) is 9.79 Å². The van der Waals surface area contributed by atoms with Gasteiger partial charge in [0.05, 0.1) is 40.0 Å². The third-order valence-corrected chi connectivity index (χ3v) is 7.51. The summed E-state index contributed by atoms with van der Waals surface area (Å²) in [5.41, 5.74) is 2.02. The van der Waals surface area contributed by atoms with Crippen molar-refractivity contribution in [3.05, 3.63) is 92.5 Å². The normalized spacial score (nSPS) is 15.7. The summed E-state index contributed by atoms with van der Waals surface area (Å²) in [7, 11) is 1.57. The van der Waals surface area contributed by atoms with Gasteiger partial charge < -0.3 is 9.47 Å². The molecule has 10 heteroatoms. The van der Waals surface area contributed by atoms with Gasteiger partial charge >= 0.3 is 5.97 Å². The standard InChI is InChI=1S/C24H19Br2ClN2O4S/c1-4-33-23(31)19-12(2)28-24-29(20(19)13-5-7-16(27)8-6-13)22(30)18(34-24)10-14-9-15(25)11-17(26)21(14)32-3/h5-11,20H,4H2,1-3H3/b18-10-/t20-/m1/s1. The molecule has 2 aromatic carbocycles. The fourth-order valence-electron chi connectivity index (χ4n) is 3.80. The van der Waals surface area contributed by atoms with Crippen molar-refractivity contribution in [2.24, 2.45) is 4.99 Å². The Kier molecular flexibility index (Phi) is 7.47. The molecule has 0 aliphatic carbocycles. The predicted molar refractivity (Wildman–Crippen MR) is 140 cm³/mol. The van der Waals surface area contributed by atoms with E-state index in [0.29, 0.717) is 31.4 Å². The zero-order chi connectivity index (χ0) is 24.6. The molecular formula is C24H19Br2ClN2O4S. The van der Waals surface area contributed by atoms with Crippen LogP contribution >= 0.6 is 54.8 Å². The van der Waals surface area contributed by atoms with E-state index in [1.807, 2.05) is 12.1 Å². The lowest BCUT2D eigenvalue weighted by molar-refractivity contribution is -0.139. The minimum absolute atomic E-state index is 0.213. The quantitative estimate of drug-likeness (QED) is 0.375. The molecule has 1 aromatic heterocycles. The fourth-order valence-corrected chi connectivity index (χ4v) is 6.38. The molecule has 0 bridgehead atoms. The van der Waals surface area contributed by atoms with Crippen LogP contribution in [0.3, 0.4) is 0 Å². The van der Waals surface area contributed by atoms with Crippen molar-refractivity contribution in [2.45, 2.75) is 19.9 Å². The topological polar surface area (TPSA) is 69.9 Å². The van der Waals surface area contributed by atoms with Gasteiger partial charge in [0.1, 0.15) is 5.75 Å². The van der Waals surface area contributed by atoms with Gasteiger partial charge in [0.2, 0.25) is 0 Å². The molecule has 2 heterocycles. The molecule has 1 aliphatic heterocycles. The molecule has 0 saturated heterocycles. The van der Waals surface area contributed by atoms with E-state index in [1.54, 1.807) is 55.9 Å². The van der Waals surface area contributed by atoms with Gasteiger partial charge in [0.25, 0.3) is 5.56 Å². The first-order valence-corrected chi connectivity index (χ1v) is 13.0. The van der Waals surface area contributed by atoms with Crippen LogP contribution in [0.4, 0.5) is 0 Å². The number of allylic oxidation sites excluding steroid dienone is 1. The van der Waals surface area contributed by atoms with Crippen LogP contribution in [-0.2, 0) is 9.53 Å². The number of thiazole rings is 1. The van der Waals surface area contributed by atoms with Crippen LogP contribution in [-0.4, -0.2) is 24.3 Å². The Hall–Kier alpha value is -2.20. The van der Waals surface area contributed by atoms with Crippen LogP contribution < -0.4 is 19.6 Å². The molecule has 3 aromatic rings. The van der Waals surface area contributed by atoms with Crippen LogP contribution in [0.1, 0.15) is 31.0 Å². The molecule has 34 heavy (non-hydrogen) atoms. The zero-order valence-corrected chi connectivity index (χ0v) is 23.1. The molecule has 0 amide bonds. The van der Waals surface area contributed by atoms with Gasteiger partial charge in [-0.3, -0.25) is 9.36 Å². The number of hydrogen-bond acceptors (Lipinski definition) is 6. The van der Waals surface area contributed by atoms with Gasteiger partial charge in [-0.2, -0.15) is 0 Å². The van der Waals surface area contributed by atoms with Gasteiger partial charge in [-0.15, -0.1) is 0 Å². The van der Waals surface area contributed by atoms with Crippen LogP contribution in [0.25, 0.3) is 6.08 Å². The van der Waals surface area contributed by atoms with Crippen LogP contribution in [0.5, 0.6) is 5.75 Å². The largest absolute Gasteiger partial charge is 0.495 e. The summed E-state index contributed by atoms with van der Waals surface area (Å²) in [6.45, 7) is 3.70. The van der Waals surface area contributed by atoms with E-state index in [4.69, 9.17) is 21.1 Å². The Morgan fingerprint density at radius 3 is 2.62 bits per heavy atom. The monoisotopic (exact) mass is 624 g/mol. The molecule has 6 nitrogen and oxygen atoms in total. The summed E-state index contributed by atoms with van der Waals surface area (Å²) in [4.78, 5) is 31.7. The average molecular weight is 627 g/mol. The fraction of sp³-hybridized carbons (Fsp3) is 0.208. The van der Waals surface area contributed by atoms with E-state index >= 15 is 0 Å². The Labute approximate surface area is 221 Å². The number of hydrogen-bond donors (Lipinski definition) is 0. The van der Waals surface area contributed by atoms with Gasteiger partial charge in [-0.1, -0.05) is 51.0 Å². The number of esters is 1. The summed E-state index contributed by atoms with van der Waals surface area (Å²) < 4.78 is 14.4. The van der Waals surface area contributed by atoms with E-state index in [1.165, 1.54) is 11.3 Å². The number of aromatic nitrogens is 1. The van der Waals surface area contributed by atoms with E-state index in [-0.39, 0.29) is 12.2 Å². The molecule has 0 fully saturated rings. The number of fused-ring (bicyclic) bond motifs is 1. The van der Waals surface area contributed by atoms with Crippen molar-refractivity contribution in [2.75, 3.05) is 13.7 Å². The van der Waals surface area contributed by atoms with Gasteiger partial charge in [0.15, 0.2) is 4.80 Å². The third kappa shape index (κ3) is 4.66. The van der Waals surface area contributed by atoms with Gasteiger partial charge in [-0.05, 0) is 65.7 Å². The molecule has 0 radical (unpaired) electrons. The summed E-state index contributed by atoms with van der Waals surface area (Å²) in [6.07, 6.45) is 1.76. The second-order valence-corrected chi connectivity index (χ2v) is 10.6. The Balaban J connectivity index is 1.99. The first-order valence-electron chi connectivity index (χ1n) is 10.2. The SMILES string of the molecule is CCOC(=O)C1=C(C)N=c2s/c(=C\c3cc(Br)cc(Br)c3OC)c(=O)n2[C@@H]1c1ccc(Cl)cc1. The predicted octanol–water partition coefficient (Wildman–Crippen LogP) is 4.99. The first-order chi connectivity index (χ1) is 16.2. The van der Waals surface area contributed by atoms with E-state index < -0.39 is 12.0 Å². The van der Waals surface area contributed by atoms with Crippen LogP contribution in [0.15, 0.2) is 66.4 Å². The Morgan fingerprint density at radius 2 is 1.97 bits per heavy atom. The number of methoxy groups -OCH3 is 1. The highest BCUT2D eigenvalue weighted by atomic mass is 79.9. The summed E-state index contributed by atoms with van der Waals surface area (Å²) in [6, 6.07) is 10.1. The molecule has 0 spiro atoms. The Morgan fingerprint density at radius 1 is 1.26 bits per heavy atom. The average Bonchev–Trinajstić information content (AvgIpc) is 3.08. The third-order valence-electron chi connectivity index (χ3n) is 5.23. The number of rotatable bonds is 5. The number of carbonyl (C=O) groups is 1. The molecule has 176 valence electrons. The highest BCUT2D eigenvalue weighted by molar-refractivity contribution is 9.11. The maximum atomic E-state index is 13.7. The van der Waals surface area contributed by atoms with Gasteiger partial charge in [0, 0.05) is 15.1 Å². The maximum Gasteiger partial charge on any atom is 0.338 e. The van der Waals surface area contributed by atoms with E-state index in [2.05, 4.69) is 36.9 Å². The lowest BCUT2D eigenvalue weighted by Gasteiger charge is -2.24. The maximum absolute atomic E-state index is 13.7. The van der Waals surface area contributed by atoms with E-state index in [9.17, 15) is 9.59 Å². The van der Waals surface area contributed by atoms with Crippen molar-refractivity contribution in [1.82, 2.24) is 4.57 Å². The number of halogens is 3. The smallest absolute Gasteiger partial charge is 0.338 e. The number of nitrogens with zero attached hydrogens (tertiary/aromatic N) is 2. The van der Waals surface area contributed by atoms with Crippen molar-refractivity contribution >= 4 is 66.8 Å². The molecule has 0 saturated carbocycles. The summed E-state index contributed by atoms with van der Waals surface area (Å²) in [5.74, 6) is 0.0993. The molecule has 4 rings (SSSR count). The lowest BCUT2D eigenvalue weighted by Crippen LogP contribution is -2.39. The van der Waals surface area contributed by atoms with Crippen molar-refractivity contribution in [3.8, 4) is 5.75 Å². The number of benzene rings is 2. The van der Waals surface area contributed by atoms with Crippen LogP contribution in [0, 0.1) is 0 Å². The van der Waals surface area contributed by atoms with Crippen molar-refractivity contribution in [3.63, 3.8) is 0 Å². The Bertz CT molecular complexity index is 1490. The number of ether oxygens (including phenoxy) is 2. The second-order valence-electron chi connectivity index (χ2n) is 7.36. The molecular weight excluding hydrogens is 608 g/mol. The molecule has 0 N–H and O–H groups in total. The molecule has 0 unspecified atom stereocenters. The minimum Gasteiger partial charge on any atom is -0.495 e. The van der Waals surface area contributed by atoms with E-state index in [0.717, 1.165) is 20.1 Å². The van der Waals surface area contributed by atoms with Crippen molar-refractivity contribution < 1.29 is 14.3 Å². The lowest BCUT2D eigenvalue weighted by atomic mass is 9.96. The minimum atomic E-state index is -0.689. The zero-order valence-electron chi connectivity index (χ0n) is 18.4. The van der Waals surface area contributed by atoms with Crippen molar-refractivity contribution in [1.29, 1.82) is 0 Å². The van der Waals surface area contributed by atoms with Crippen LogP contribution in [0.2, 0.25) is 5.02 Å². The highest BCUT2D eigenvalue weighted by Gasteiger charge is 2.33. The highest BCUT2D eigenvalue weighted by Crippen LogP contribution is 2.34.